The molecule has 0 aliphatic carbocycles. The Balaban J connectivity index is 1.75. The van der Waals surface area contributed by atoms with Crippen molar-refractivity contribution in [2.24, 2.45) is 0 Å². The number of hydrogen-bond donors (Lipinski definition) is 1. The van der Waals surface area contributed by atoms with Gasteiger partial charge in [0, 0.05) is 22.8 Å². The molecular weight excluding hydrogens is 445 g/mol. The Bertz CT molecular complexity index is 981. The minimum Gasteiger partial charge on any atom is -0.493 e. The normalized spacial score (nSPS) is 10.6. The predicted molar refractivity (Wildman–Crippen MR) is 115 cm³/mol. The monoisotopic (exact) mass is 463 g/mol. The summed E-state index contributed by atoms with van der Waals surface area (Å²) in [5.74, 6) is 0.814. The van der Waals surface area contributed by atoms with Crippen molar-refractivity contribution in [3.05, 3.63) is 86.6 Å². The fourth-order valence-electron chi connectivity index (χ4n) is 2.76. The maximum absolute atomic E-state index is 13.8. The number of anilines is 1. The maximum Gasteiger partial charge on any atom is 0.175 e. The van der Waals surface area contributed by atoms with Gasteiger partial charge >= 0.3 is 0 Å². The molecule has 0 radical (unpaired) electrons. The van der Waals surface area contributed by atoms with E-state index in [0.717, 1.165) is 21.3 Å². The summed E-state index contributed by atoms with van der Waals surface area (Å²) in [4.78, 5) is 0. The number of benzene rings is 3. The van der Waals surface area contributed by atoms with Crippen molar-refractivity contribution in [1.82, 2.24) is 0 Å². The highest BCUT2D eigenvalue weighted by molar-refractivity contribution is 9.10. The average molecular weight is 465 g/mol. The van der Waals surface area contributed by atoms with E-state index in [0.29, 0.717) is 28.6 Å². The molecule has 0 saturated heterocycles. The Labute approximate surface area is 177 Å². The Hall–Kier alpha value is -2.24. The minimum atomic E-state index is -0.296. The van der Waals surface area contributed by atoms with Crippen molar-refractivity contribution in [3.63, 3.8) is 0 Å². The zero-order chi connectivity index (χ0) is 20.1. The number of rotatable bonds is 7. The topological polar surface area (TPSA) is 30.5 Å². The molecule has 0 saturated carbocycles. The molecule has 0 spiro atoms. The fraction of sp³-hybridized carbons (Fsp3) is 0.182. The second-order valence-electron chi connectivity index (χ2n) is 6.30. The Kier molecular flexibility index (Phi) is 6.81. The molecule has 0 heterocycles. The Morgan fingerprint density at radius 1 is 1.11 bits per heavy atom. The predicted octanol–water partition coefficient (Wildman–Crippen LogP) is 6.75. The fourth-order valence-corrected chi connectivity index (χ4v) is 3.54. The van der Waals surface area contributed by atoms with E-state index in [1.807, 2.05) is 37.3 Å². The minimum absolute atomic E-state index is 0.112. The van der Waals surface area contributed by atoms with Crippen LogP contribution in [0.2, 0.25) is 5.02 Å². The first-order valence-electron chi connectivity index (χ1n) is 8.70. The van der Waals surface area contributed by atoms with Crippen LogP contribution in [0.4, 0.5) is 10.1 Å². The Morgan fingerprint density at radius 3 is 2.64 bits per heavy atom. The van der Waals surface area contributed by atoms with Gasteiger partial charge < -0.3 is 14.8 Å². The lowest BCUT2D eigenvalue weighted by molar-refractivity contribution is 0.277. The summed E-state index contributed by atoms with van der Waals surface area (Å²) in [6.45, 7) is 2.72. The standard InChI is InChI=1S/C22H20BrClFNO2/c1-14-7-8-17(24)11-20(14)26-12-15-9-18(23)22(21(10-15)27-2)28-13-16-5-3-4-6-19(16)25/h3-11,26H,12-13H2,1-2H3. The van der Waals surface area contributed by atoms with Crippen LogP contribution in [0.15, 0.2) is 59.1 Å². The van der Waals surface area contributed by atoms with Gasteiger partial charge in [0.15, 0.2) is 11.5 Å². The zero-order valence-electron chi connectivity index (χ0n) is 15.6. The zero-order valence-corrected chi connectivity index (χ0v) is 17.9. The van der Waals surface area contributed by atoms with Gasteiger partial charge in [-0.15, -0.1) is 0 Å². The maximum atomic E-state index is 13.8. The van der Waals surface area contributed by atoms with E-state index in [2.05, 4.69) is 21.2 Å². The summed E-state index contributed by atoms with van der Waals surface area (Å²) >= 11 is 9.61. The number of hydrogen-bond acceptors (Lipinski definition) is 3. The van der Waals surface area contributed by atoms with Crippen molar-refractivity contribution in [1.29, 1.82) is 0 Å². The van der Waals surface area contributed by atoms with Crippen molar-refractivity contribution >= 4 is 33.2 Å². The molecule has 0 bridgehead atoms. The van der Waals surface area contributed by atoms with Crippen LogP contribution in [0, 0.1) is 12.7 Å². The van der Waals surface area contributed by atoms with Crippen LogP contribution in [0.1, 0.15) is 16.7 Å². The van der Waals surface area contributed by atoms with E-state index in [4.69, 9.17) is 21.1 Å². The second kappa shape index (κ2) is 9.30. The number of halogens is 3. The van der Waals surface area contributed by atoms with Crippen LogP contribution in [0.25, 0.3) is 0 Å². The molecule has 3 nitrogen and oxygen atoms in total. The third-order valence-electron chi connectivity index (χ3n) is 4.30. The smallest absolute Gasteiger partial charge is 0.175 e. The molecule has 0 aliphatic rings. The van der Waals surface area contributed by atoms with Gasteiger partial charge in [0.1, 0.15) is 12.4 Å². The average Bonchev–Trinajstić information content (AvgIpc) is 2.68. The third kappa shape index (κ3) is 4.97. The van der Waals surface area contributed by atoms with Gasteiger partial charge in [0.2, 0.25) is 0 Å². The van der Waals surface area contributed by atoms with Gasteiger partial charge in [-0.2, -0.15) is 0 Å². The molecule has 1 N–H and O–H groups in total. The van der Waals surface area contributed by atoms with Crippen molar-refractivity contribution < 1.29 is 13.9 Å². The molecule has 3 rings (SSSR count). The van der Waals surface area contributed by atoms with Gasteiger partial charge in [-0.05, 0) is 64.3 Å². The van der Waals surface area contributed by atoms with E-state index >= 15 is 0 Å². The summed E-state index contributed by atoms with van der Waals surface area (Å²) in [7, 11) is 1.58. The molecule has 0 amide bonds. The molecule has 0 fully saturated rings. The summed E-state index contributed by atoms with van der Waals surface area (Å²) in [5, 5.41) is 4.07. The highest BCUT2D eigenvalue weighted by atomic mass is 79.9. The number of methoxy groups -OCH3 is 1. The Morgan fingerprint density at radius 2 is 1.89 bits per heavy atom. The van der Waals surface area contributed by atoms with Gasteiger partial charge in [0.25, 0.3) is 0 Å². The van der Waals surface area contributed by atoms with Crippen LogP contribution in [0.3, 0.4) is 0 Å². The lowest BCUT2D eigenvalue weighted by Gasteiger charge is -2.16. The van der Waals surface area contributed by atoms with Crippen LogP contribution in [-0.4, -0.2) is 7.11 Å². The first-order chi connectivity index (χ1) is 13.5. The van der Waals surface area contributed by atoms with Gasteiger partial charge in [-0.3, -0.25) is 0 Å². The van der Waals surface area contributed by atoms with E-state index in [9.17, 15) is 4.39 Å². The molecule has 3 aromatic carbocycles. The molecule has 0 aliphatic heterocycles. The molecule has 6 heteroatoms. The lowest BCUT2D eigenvalue weighted by atomic mass is 10.1. The highest BCUT2D eigenvalue weighted by Gasteiger charge is 2.13. The highest BCUT2D eigenvalue weighted by Crippen LogP contribution is 2.37. The van der Waals surface area contributed by atoms with Crippen molar-refractivity contribution in [2.75, 3.05) is 12.4 Å². The molecule has 3 aromatic rings. The SMILES string of the molecule is COc1cc(CNc2cc(Cl)ccc2C)cc(Br)c1OCc1ccccc1F. The van der Waals surface area contributed by atoms with Crippen LogP contribution in [0.5, 0.6) is 11.5 Å². The van der Waals surface area contributed by atoms with Crippen LogP contribution < -0.4 is 14.8 Å². The van der Waals surface area contributed by atoms with Gasteiger partial charge in [-0.1, -0.05) is 35.9 Å². The molecular formula is C22H20BrClFNO2. The summed E-state index contributed by atoms with van der Waals surface area (Å²) in [6.07, 6.45) is 0. The van der Waals surface area contributed by atoms with Crippen LogP contribution in [-0.2, 0) is 13.2 Å². The van der Waals surface area contributed by atoms with E-state index in [-0.39, 0.29) is 12.4 Å². The molecule has 28 heavy (non-hydrogen) atoms. The van der Waals surface area contributed by atoms with Crippen molar-refractivity contribution in [2.45, 2.75) is 20.1 Å². The second-order valence-corrected chi connectivity index (χ2v) is 7.59. The summed E-state index contributed by atoms with van der Waals surface area (Å²) in [5.41, 5.74) is 3.57. The van der Waals surface area contributed by atoms with E-state index in [1.54, 1.807) is 25.3 Å². The quantitative estimate of drug-likeness (QED) is 0.419. The first kappa shape index (κ1) is 20.5. The summed E-state index contributed by atoms with van der Waals surface area (Å²) in [6, 6.07) is 16.1. The van der Waals surface area contributed by atoms with E-state index < -0.39 is 0 Å². The first-order valence-corrected chi connectivity index (χ1v) is 9.87. The molecule has 0 aromatic heterocycles. The molecule has 146 valence electrons. The van der Waals surface area contributed by atoms with Crippen LogP contribution >= 0.6 is 27.5 Å². The van der Waals surface area contributed by atoms with Gasteiger partial charge in [-0.25, -0.2) is 4.39 Å². The molecule has 0 atom stereocenters. The third-order valence-corrected chi connectivity index (χ3v) is 5.13. The number of ether oxygens (including phenoxy) is 2. The van der Waals surface area contributed by atoms with Gasteiger partial charge in [0.05, 0.1) is 11.6 Å². The molecule has 0 unspecified atom stereocenters. The number of aryl methyl sites for hydroxylation is 1. The summed E-state index contributed by atoms with van der Waals surface area (Å²) < 4.78 is 25.9. The van der Waals surface area contributed by atoms with Crippen molar-refractivity contribution in [3.8, 4) is 11.5 Å². The van der Waals surface area contributed by atoms with E-state index in [1.165, 1.54) is 6.07 Å². The largest absolute Gasteiger partial charge is 0.493 e. The number of nitrogens with one attached hydrogen (secondary N) is 1. The lowest BCUT2D eigenvalue weighted by Crippen LogP contribution is -2.04.